The summed E-state index contributed by atoms with van der Waals surface area (Å²) in [6.07, 6.45) is 0. The second-order valence-electron chi connectivity index (χ2n) is 6.09. The Labute approximate surface area is 157 Å². The van der Waals surface area contributed by atoms with Gasteiger partial charge in [-0.15, -0.1) is 0 Å². The first-order valence-corrected chi connectivity index (χ1v) is 9.54. The molecule has 0 saturated carbocycles. The van der Waals surface area contributed by atoms with E-state index in [9.17, 15) is 23.3 Å². The standard InChI is InChI=1S/C18H20N2O6S/c1-13(2)14-4-6-15(7-5-14)19(12-18(21)26-3)27(24,25)17-10-8-16(9-11-17)20(22)23/h4-11,13H,12H2,1-3H3. The fraction of sp³-hybridized carbons (Fsp3) is 0.278. The minimum atomic E-state index is -4.12. The van der Waals surface area contributed by atoms with Gasteiger partial charge in [-0.05, 0) is 35.7 Å². The number of anilines is 1. The molecule has 0 atom stereocenters. The number of hydrogen-bond donors (Lipinski definition) is 0. The number of nitro benzene ring substituents is 1. The van der Waals surface area contributed by atoms with E-state index in [1.807, 2.05) is 13.8 Å². The molecule has 0 aliphatic heterocycles. The highest BCUT2D eigenvalue weighted by atomic mass is 32.2. The smallest absolute Gasteiger partial charge is 0.326 e. The third kappa shape index (κ3) is 4.62. The maximum absolute atomic E-state index is 13.0. The Morgan fingerprint density at radius 3 is 2.11 bits per heavy atom. The molecule has 0 amide bonds. The molecule has 2 rings (SSSR count). The van der Waals surface area contributed by atoms with Crippen LogP contribution in [0.15, 0.2) is 53.4 Å². The Hall–Kier alpha value is -2.94. The number of ether oxygens (including phenoxy) is 1. The molecule has 2 aromatic rings. The average Bonchev–Trinajstić information content (AvgIpc) is 2.65. The van der Waals surface area contributed by atoms with E-state index in [0.29, 0.717) is 5.69 Å². The van der Waals surface area contributed by atoms with Gasteiger partial charge in [0.25, 0.3) is 15.7 Å². The Bertz CT molecular complexity index is 921. The lowest BCUT2D eigenvalue weighted by atomic mass is 10.0. The average molecular weight is 392 g/mol. The molecular weight excluding hydrogens is 372 g/mol. The van der Waals surface area contributed by atoms with Gasteiger partial charge in [-0.2, -0.15) is 0 Å². The fourth-order valence-corrected chi connectivity index (χ4v) is 3.80. The van der Waals surface area contributed by atoms with Crippen molar-refractivity contribution in [3.63, 3.8) is 0 Å². The Morgan fingerprint density at radius 1 is 1.11 bits per heavy atom. The van der Waals surface area contributed by atoms with Gasteiger partial charge in [0, 0.05) is 12.1 Å². The first-order chi connectivity index (χ1) is 12.7. The molecule has 0 bridgehead atoms. The van der Waals surface area contributed by atoms with E-state index in [0.717, 1.165) is 34.1 Å². The lowest BCUT2D eigenvalue weighted by Gasteiger charge is -2.23. The van der Waals surface area contributed by atoms with E-state index in [1.54, 1.807) is 24.3 Å². The van der Waals surface area contributed by atoms with Crippen molar-refractivity contribution >= 4 is 27.4 Å². The lowest BCUT2D eigenvalue weighted by molar-refractivity contribution is -0.384. The maximum atomic E-state index is 13.0. The van der Waals surface area contributed by atoms with Gasteiger partial charge in [-0.25, -0.2) is 8.42 Å². The van der Waals surface area contributed by atoms with Gasteiger partial charge < -0.3 is 4.74 Å². The SMILES string of the molecule is COC(=O)CN(c1ccc(C(C)C)cc1)S(=O)(=O)c1ccc([N+](=O)[O-])cc1. The number of methoxy groups -OCH3 is 1. The second kappa shape index (κ2) is 8.17. The molecule has 144 valence electrons. The van der Waals surface area contributed by atoms with E-state index in [4.69, 9.17) is 0 Å². The monoisotopic (exact) mass is 392 g/mol. The summed E-state index contributed by atoms with van der Waals surface area (Å²) in [4.78, 5) is 21.8. The molecule has 0 aromatic heterocycles. The Balaban J connectivity index is 2.48. The fourth-order valence-electron chi connectivity index (χ4n) is 2.39. The predicted molar refractivity (Wildman–Crippen MR) is 100 cm³/mol. The summed E-state index contributed by atoms with van der Waals surface area (Å²) in [6, 6.07) is 11.3. The second-order valence-corrected chi connectivity index (χ2v) is 7.95. The van der Waals surface area contributed by atoms with Gasteiger partial charge in [0.2, 0.25) is 0 Å². The van der Waals surface area contributed by atoms with Gasteiger partial charge in [0.1, 0.15) is 6.54 Å². The third-order valence-electron chi connectivity index (χ3n) is 3.98. The number of benzene rings is 2. The number of hydrogen-bond acceptors (Lipinski definition) is 6. The number of rotatable bonds is 7. The number of esters is 1. The molecule has 9 heteroatoms. The first-order valence-electron chi connectivity index (χ1n) is 8.10. The zero-order chi connectivity index (χ0) is 20.2. The zero-order valence-corrected chi connectivity index (χ0v) is 16.0. The van der Waals surface area contributed by atoms with Crippen LogP contribution in [-0.4, -0.2) is 33.0 Å². The van der Waals surface area contributed by atoms with Crippen LogP contribution in [0.3, 0.4) is 0 Å². The van der Waals surface area contributed by atoms with E-state index in [1.165, 1.54) is 7.11 Å². The van der Waals surface area contributed by atoms with Crippen molar-refractivity contribution in [1.82, 2.24) is 0 Å². The minimum Gasteiger partial charge on any atom is -0.468 e. The Morgan fingerprint density at radius 2 is 1.67 bits per heavy atom. The van der Waals surface area contributed by atoms with Crippen molar-refractivity contribution in [3.8, 4) is 0 Å². The zero-order valence-electron chi connectivity index (χ0n) is 15.2. The summed E-state index contributed by atoms with van der Waals surface area (Å²) in [5.74, 6) is -0.465. The summed E-state index contributed by atoms with van der Waals surface area (Å²) in [6.45, 7) is 3.50. The van der Waals surface area contributed by atoms with Crippen LogP contribution in [0.4, 0.5) is 11.4 Å². The number of carbonyl (C=O) groups is 1. The lowest BCUT2D eigenvalue weighted by Crippen LogP contribution is -2.36. The van der Waals surface area contributed by atoms with Gasteiger partial charge in [-0.3, -0.25) is 19.2 Å². The molecule has 0 fully saturated rings. The molecule has 0 N–H and O–H groups in total. The maximum Gasteiger partial charge on any atom is 0.326 e. The minimum absolute atomic E-state index is 0.162. The van der Waals surface area contributed by atoms with Crippen LogP contribution in [0.25, 0.3) is 0 Å². The van der Waals surface area contributed by atoms with Crippen molar-refractivity contribution in [2.45, 2.75) is 24.7 Å². The van der Waals surface area contributed by atoms with Crippen molar-refractivity contribution in [1.29, 1.82) is 0 Å². The number of non-ortho nitro benzene ring substituents is 1. The van der Waals surface area contributed by atoms with E-state index < -0.39 is 27.5 Å². The first kappa shape index (κ1) is 20.4. The molecule has 0 heterocycles. The molecule has 0 aliphatic carbocycles. The van der Waals surface area contributed by atoms with Crippen LogP contribution < -0.4 is 4.31 Å². The highest BCUT2D eigenvalue weighted by Crippen LogP contribution is 2.27. The molecule has 0 saturated heterocycles. The van der Waals surface area contributed by atoms with Crippen molar-refractivity contribution in [2.24, 2.45) is 0 Å². The van der Waals surface area contributed by atoms with Gasteiger partial charge in [0.15, 0.2) is 0 Å². The van der Waals surface area contributed by atoms with Crippen LogP contribution in [0, 0.1) is 10.1 Å². The van der Waals surface area contributed by atoms with Gasteiger partial charge in [0.05, 0.1) is 22.6 Å². The largest absolute Gasteiger partial charge is 0.468 e. The number of carbonyl (C=O) groups excluding carboxylic acids is 1. The third-order valence-corrected chi connectivity index (χ3v) is 5.77. The summed E-state index contributed by atoms with van der Waals surface area (Å²) >= 11 is 0. The van der Waals surface area contributed by atoms with Crippen molar-refractivity contribution in [3.05, 3.63) is 64.2 Å². The van der Waals surface area contributed by atoms with Crippen molar-refractivity contribution < 1.29 is 22.9 Å². The topological polar surface area (TPSA) is 107 Å². The number of nitro groups is 1. The summed E-state index contributed by atoms with van der Waals surface area (Å²) in [5, 5.41) is 10.8. The normalized spacial score (nSPS) is 11.3. The molecule has 0 spiro atoms. The van der Waals surface area contributed by atoms with Crippen LogP contribution in [0.1, 0.15) is 25.3 Å². The van der Waals surface area contributed by atoms with Crippen molar-refractivity contribution in [2.75, 3.05) is 18.0 Å². The number of nitrogens with zero attached hydrogens (tertiary/aromatic N) is 2. The van der Waals surface area contributed by atoms with Crippen LogP contribution in [0.2, 0.25) is 0 Å². The molecular formula is C18H20N2O6S. The van der Waals surface area contributed by atoms with Crippen LogP contribution in [-0.2, 0) is 19.6 Å². The molecule has 8 nitrogen and oxygen atoms in total. The highest BCUT2D eigenvalue weighted by molar-refractivity contribution is 7.92. The highest BCUT2D eigenvalue weighted by Gasteiger charge is 2.28. The quantitative estimate of drug-likeness (QED) is 0.407. The van der Waals surface area contributed by atoms with Crippen LogP contribution >= 0.6 is 0 Å². The molecule has 0 radical (unpaired) electrons. The molecule has 2 aromatic carbocycles. The van der Waals surface area contributed by atoms with E-state index >= 15 is 0 Å². The van der Waals surface area contributed by atoms with Gasteiger partial charge in [-0.1, -0.05) is 26.0 Å². The predicted octanol–water partition coefficient (Wildman–Crippen LogP) is 3.09. The van der Waals surface area contributed by atoms with Gasteiger partial charge >= 0.3 is 5.97 Å². The van der Waals surface area contributed by atoms with Crippen LogP contribution in [0.5, 0.6) is 0 Å². The molecule has 0 unspecified atom stereocenters. The molecule has 27 heavy (non-hydrogen) atoms. The molecule has 0 aliphatic rings. The summed E-state index contributed by atoms with van der Waals surface area (Å²) < 4.78 is 31.6. The van der Waals surface area contributed by atoms with E-state index in [-0.39, 0.29) is 16.5 Å². The number of sulfonamides is 1. The summed E-state index contributed by atoms with van der Waals surface area (Å²) in [5.41, 5.74) is 1.09. The van der Waals surface area contributed by atoms with E-state index in [2.05, 4.69) is 4.74 Å². The Kier molecular flexibility index (Phi) is 6.17. The summed E-state index contributed by atoms with van der Waals surface area (Å²) in [7, 11) is -2.96.